The van der Waals surface area contributed by atoms with Crippen molar-refractivity contribution in [2.75, 3.05) is 6.54 Å². The first-order valence-corrected chi connectivity index (χ1v) is 5.90. The molecule has 0 bridgehead atoms. The third-order valence-corrected chi connectivity index (χ3v) is 2.55. The van der Waals surface area contributed by atoms with E-state index in [1.807, 2.05) is 13.0 Å². The maximum absolute atomic E-state index is 5.26. The van der Waals surface area contributed by atoms with Gasteiger partial charge in [0.15, 0.2) is 0 Å². The maximum atomic E-state index is 5.26. The van der Waals surface area contributed by atoms with E-state index in [-0.39, 0.29) is 5.54 Å². The first-order chi connectivity index (χ1) is 7.38. The number of hydrogen-bond donors (Lipinski definition) is 2. The average Bonchev–Trinajstić information content (AvgIpc) is 2.57. The average molecular weight is 224 g/mol. The molecule has 1 aromatic heterocycles. The first-order valence-electron chi connectivity index (χ1n) is 5.90. The SMILES string of the molecule is Cc1occc1CNC(C)CNC(C)(C)C. The third kappa shape index (κ3) is 4.81. The van der Waals surface area contributed by atoms with E-state index in [9.17, 15) is 0 Å². The summed E-state index contributed by atoms with van der Waals surface area (Å²) in [6.45, 7) is 12.6. The van der Waals surface area contributed by atoms with Crippen LogP contribution in [0.15, 0.2) is 16.7 Å². The predicted molar refractivity (Wildman–Crippen MR) is 67.5 cm³/mol. The molecule has 1 rings (SSSR count). The normalized spacial score (nSPS) is 14.1. The molecule has 0 aliphatic carbocycles. The summed E-state index contributed by atoms with van der Waals surface area (Å²) in [5.41, 5.74) is 1.42. The van der Waals surface area contributed by atoms with Gasteiger partial charge in [0.1, 0.15) is 5.76 Å². The molecule has 0 aromatic carbocycles. The minimum atomic E-state index is 0.182. The Morgan fingerprint density at radius 3 is 2.56 bits per heavy atom. The van der Waals surface area contributed by atoms with Crippen LogP contribution in [-0.2, 0) is 6.54 Å². The smallest absolute Gasteiger partial charge is 0.105 e. The topological polar surface area (TPSA) is 37.2 Å². The Kier molecular flexibility index (Phi) is 4.56. The molecule has 0 aliphatic rings. The highest BCUT2D eigenvalue weighted by Crippen LogP contribution is 2.08. The van der Waals surface area contributed by atoms with Crippen LogP contribution in [0.25, 0.3) is 0 Å². The molecule has 16 heavy (non-hydrogen) atoms. The summed E-state index contributed by atoms with van der Waals surface area (Å²) in [5.74, 6) is 1.00. The lowest BCUT2D eigenvalue weighted by atomic mass is 10.1. The van der Waals surface area contributed by atoms with Crippen LogP contribution in [0.1, 0.15) is 39.0 Å². The van der Waals surface area contributed by atoms with E-state index in [0.29, 0.717) is 6.04 Å². The van der Waals surface area contributed by atoms with Crippen molar-refractivity contribution in [1.82, 2.24) is 10.6 Å². The van der Waals surface area contributed by atoms with Crippen LogP contribution in [0.5, 0.6) is 0 Å². The lowest BCUT2D eigenvalue weighted by Gasteiger charge is -2.24. The highest BCUT2D eigenvalue weighted by molar-refractivity contribution is 5.14. The molecule has 1 heterocycles. The van der Waals surface area contributed by atoms with E-state index < -0.39 is 0 Å². The van der Waals surface area contributed by atoms with Crippen LogP contribution in [0.4, 0.5) is 0 Å². The van der Waals surface area contributed by atoms with Gasteiger partial charge in [0, 0.05) is 30.2 Å². The molecule has 3 heteroatoms. The molecule has 1 atom stereocenters. The van der Waals surface area contributed by atoms with Crippen molar-refractivity contribution in [3.63, 3.8) is 0 Å². The zero-order valence-electron chi connectivity index (χ0n) is 11.1. The highest BCUT2D eigenvalue weighted by atomic mass is 16.3. The summed E-state index contributed by atoms with van der Waals surface area (Å²) < 4.78 is 5.26. The number of furan rings is 1. The predicted octanol–water partition coefficient (Wildman–Crippen LogP) is 2.45. The molecule has 0 saturated heterocycles. The number of hydrogen-bond acceptors (Lipinski definition) is 3. The van der Waals surface area contributed by atoms with Crippen molar-refractivity contribution in [2.24, 2.45) is 0 Å². The fourth-order valence-electron chi connectivity index (χ4n) is 1.41. The van der Waals surface area contributed by atoms with Crippen LogP contribution in [0, 0.1) is 6.92 Å². The Hall–Kier alpha value is -0.800. The van der Waals surface area contributed by atoms with Crippen LogP contribution >= 0.6 is 0 Å². The molecule has 0 fully saturated rings. The molecule has 0 amide bonds. The third-order valence-electron chi connectivity index (χ3n) is 2.55. The van der Waals surface area contributed by atoms with Crippen molar-refractivity contribution in [1.29, 1.82) is 0 Å². The summed E-state index contributed by atoms with van der Waals surface area (Å²) in [6.07, 6.45) is 1.74. The van der Waals surface area contributed by atoms with Crippen LogP contribution < -0.4 is 10.6 Å². The van der Waals surface area contributed by atoms with Gasteiger partial charge in [0.2, 0.25) is 0 Å². The summed E-state index contributed by atoms with van der Waals surface area (Å²) in [6, 6.07) is 2.47. The number of rotatable bonds is 5. The fraction of sp³-hybridized carbons (Fsp3) is 0.692. The van der Waals surface area contributed by atoms with Gasteiger partial charge in [-0.3, -0.25) is 0 Å². The Labute approximate surface area is 98.6 Å². The van der Waals surface area contributed by atoms with E-state index >= 15 is 0 Å². The Morgan fingerprint density at radius 1 is 1.38 bits per heavy atom. The highest BCUT2D eigenvalue weighted by Gasteiger charge is 2.11. The molecule has 92 valence electrons. The van der Waals surface area contributed by atoms with Gasteiger partial charge < -0.3 is 15.1 Å². The molecule has 3 nitrogen and oxygen atoms in total. The summed E-state index contributed by atoms with van der Waals surface area (Å²) >= 11 is 0. The van der Waals surface area contributed by atoms with Crippen molar-refractivity contribution in [3.8, 4) is 0 Å². The minimum absolute atomic E-state index is 0.182. The first kappa shape index (κ1) is 13.3. The van der Waals surface area contributed by atoms with Gasteiger partial charge >= 0.3 is 0 Å². The molecule has 2 N–H and O–H groups in total. The zero-order chi connectivity index (χ0) is 12.2. The Balaban J connectivity index is 2.25. The van der Waals surface area contributed by atoms with Crippen LogP contribution in [0.3, 0.4) is 0 Å². The fourth-order valence-corrected chi connectivity index (χ4v) is 1.41. The van der Waals surface area contributed by atoms with Gasteiger partial charge in [-0.1, -0.05) is 0 Å². The van der Waals surface area contributed by atoms with Gasteiger partial charge in [-0.15, -0.1) is 0 Å². The lowest BCUT2D eigenvalue weighted by Crippen LogP contribution is -2.44. The van der Waals surface area contributed by atoms with Gasteiger partial charge in [-0.25, -0.2) is 0 Å². The van der Waals surface area contributed by atoms with E-state index in [2.05, 4.69) is 38.3 Å². The van der Waals surface area contributed by atoms with E-state index in [1.165, 1.54) is 5.56 Å². The molecule has 0 aliphatic heterocycles. The Morgan fingerprint density at radius 2 is 2.06 bits per heavy atom. The standard InChI is InChI=1S/C13H24N2O/c1-10(8-15-13(3,4)5)14-9-12-6-7-16-11(12)2/h6-7,10,14-15H,8-9H2,1-5H3. The van der Waals surface area contributed by atoms with Gasteiger partial charge in [0.05, 0.1) is 6.26 Å². The Bertz CT molecular complexity index is 312. The number of aryl methyl sites for hydroxylation is 1. The quantitative estimate of drug-likeness (QED) is 0.806. The minimum Gasteiger partial charge on any atom is -0.469 e. The second-order valence-electron chi connectivity index (χ2n) is 5.41. The summed E-state index contributed by atoms with van der Waals surface area (Å²) in [4.78, 5) is 0. The largest absolute Gasteiger partial charge is 0.469 e. The van der Waals surface area contributed by atoms with Crippen molar-refractivity contribution in [3.05, 3.63) is 23.7 Å². The summed E-state index contributed by atoms with van der Waals surface area (Å²) in [7, 11) is 0. The second-order valence-corrected chi connectivity index (χ2v) is 5.41. The molecule has 0 spiro atoms. The lowest BCUT2D eigenvalue weighted by molar-refractivity contribution is 0.386. The monoisotopic (exact) mass is 224 g/mol. The molecule has 1 unspecified atom stereocenters. The van der Waals surface area contributed by atoms with E-state index in [1.54, 1.807) is 6.26 Å². The van der Waals surface area contributed by atoms with E-state index in [4.69, 9.17) is 4.42 Å². The maximum Gasteiger partial charge on any atom is 0.105 e. The number of nitrogens with one attached hydrogen (secondary N) is 2. The van der Waals surface area contributed by atoms with Crippen molar-refractivity contribution < 1.29 is 4.42 Å². The van der Waals surface area contributed by atoms with Crippen molar-refractivity contribution in [2.45, 2.75) is 52.7 Å². The van der Waals surface area contributed by atoms with Gasteiger partial charge in [-0.05, 0) is 40.7 Å². The van der Waals surface area contributed by atoms with E-state index in [0.717, 1.165) is 18.8 Å². The zero-order valence-corrected chi connectivity index (χ0v) is 11.1. The summed E-state index contributed by atoms with van der Waals surface area (Å²) in [5, 5.41) is 6.96. The van der Waals surface area contributed by atoms with Crippen LogP contribution in [-0.4, -0.2) is 18.1 Å². The molecule has 1 aromatic rings. The molecular weight excluding hydrogens is 200 g/mol. The molecular formula is C13H24N2O. The van der Waals surface area contributed by atoms with Gasteiger partial charge in [-0.2, -0.15) is 0 Å². The van der Waals surface area contributed by atoms with Gasteiger partial charge in [0.25, 0.3) is 0 Å². The second kappa shape index (κ2) is 5.51. The molecule has 0 radical (unpaired) electrons. The van der Waals surface area contributed by atoms with Crippen molar-refractivity contribution >= 4 is 0 Å². The molecule has 0 saturated carbocycles. The van der Waals surface area contributed by atoms with Crippen LogP contribution in [0.2, 0.25) is 0 Å².